The van der Waals surface area contributed by atoms with Gasteiger partial charge in [-0.3, -0.25) is 14.8 Å². The number of aromatic nitrogens is 1. The van der Waals surface area contributed by atoms with Crippen molar-refractivity contribution in [1.29, 1.82) is 0 Å². The van der Waals surface area contributed by atoms with Gasteiger partial charge in [-0.05, 0) is 12.1 Å². The van der Waals surface area contributed by atoms with Gasteiger partial charge in [0.05, 0.1) is 23.0 Å². The van der Waals surface area contributed by atoms with E-state index in [9.17, 15) is 4.79 Å². The summed E-state index contributed by atoms with van der Waals surface area (Å²) in [6.07, 6.45) is 3.03. The maximum Gasteiger partial charge on any atom is 0.208 e. The van der Waals surface area contributed by atoms with Gasteiger partial charge in [-0.2, -0.15) is 0 Å². The molecule has 66 valence electrons. The summed E-state index contributed by atoms with van der Waals surface area (Å²) in [6, 6.07) is 7.57. The first kappa shape index (κ1) is 7.38. The Balaban J connectivity index is 2.50. The molecule has 1 aliphatic heterocycles. The van der Waals surface area contributed by atoms with Gasteiger partial charge in [0.1, 0.15) is 0 Å². The monoisotopic (exact) mass is 182 g/mol. The van der Waals surface area contributed by atoms with Crippen LogP contribution in [0.1, 0.15) is 10.4 Å². The van der Waals surface area contributed by atoms with Crippen LogP contribution < -0.4 is 0 Å². The summed E-state index contributed by atoms with van der Waals surface area (Å²) in [5, 5.41) is 0.977. The van der Waals surface area contributed by atoms with Crippen molar-refractivity contribution in [2.24, 2.45) is 4.99 Å². The standard InChI is InChI=1S/C11H6N2O/c14-9-6-13-8-4-3-7-2-1-5-12-11(7)10(8)9/h1-6H. The molecular formula is C11H6N2O. The van der Waals surface area contributed by atoms with E-state index in [2.05, 4.69) is 9.98 Å². The molecule has 0 unspecified atom stereocenters. The number of ketones is 1. The molecule has 0 bridgehead atoms. The van der Waals surface area contributed by atoms with Crippen molar-refractivity contribution in [3.05, 3.63) is 36.0 Å². The number of hydrogen-bond donors (Lipinski definition) is 0. The van der Waals surface area contributed by atoms with Gasteiger partial charge in [0, 0.05) is 11.6 Å². The van der Waals surface area contributed by atoms with Crippen molar-refractivity contribution in [2.45, 2.75) is 0 Å². The van der Waals surface area contributed by atoms with E-state index >= 15 is 0 Å². The number of pyridine rings is 1. The Bertz CT molecular complexity index is 573. The lowest BCUT2D eigenvalue weighted by molar-refractivity contribution is 0.107. The van der Waals surface area contributed by atoms with Crippen LogP contribution in [0.25, 0.3) is 10.9 Å². The molecule has 0 atom stereocenters. The normalized spacial score (nSPS) is 13.6. The topological polar surface area (TPSA) is 42.3 Å². The van der Waals surface area contributed by atoms with Crippen molar-refractivity contribution in [2.75, 3.05) is 0 Å². The number of Topliss-reactive ketones (excluding diaryl/α,β-unsaturated/α-hetero) is 1. The van der Waals surface area contributed by atoms with E-state index in [0.717, 1.165) is 16.6 Å². The summed E-state index contributed by atoms with van der Waals surface area (Å²) >= 11 is 0. The third-order valence-corrected chi connectivity index (χ3v) is 2.32. The second-order valence-corrected chi connectivity index (χ2v) is 3.16. The van der Waals surface area contributed by atoms with E-state index in [4.69, 9.17) is 0 Å². The average molecular weight is 182 g/mol. The van der Waals surface area contributed by atoms with Gasteiger partial charge in [0.25, 0.3) is 0 Å². The molecule has 0 spiro atoms. The third kappa shape index (κ3) is 0.836. The van der Waals surface area contributed by atoms with Gasteiger partial charge in [-0.15, -0.1) is 0 Å². The predicted octanol–water partition coefficient (Wildman–Crippen LogP) is 2.13. The minimum Gasteiger partial charge on any atom is -0.287 e. The Labute approximate surface area is 80.1 Å². The third-order valence-electron chi connectivity index (χ3n) is 2.32. The zero-order valence-electron chi connectivity index (χ0n) is 7.27. The van der Waals surface area contributed by atoms with E-state index in [1.807, 2.05) is 24.3 Å². The SMILES string of the molecule is O=C1C=Nc2ccc3cccnc3c21. The highest BCUT2D eigenvalue weighted by Gasteiger charge is 2.18. The van der Waals surface area contributed by atoms with Crippen LogP contribution in [0.15, 0.2) is 35.5 Å². The summed E-state index contributed by atoms with van der Waals surface area (Å²) in [4.78, 5) is 19.7. The van der Waals surface area contributed by atoms with Crippen molar-refractivity contribution < 1.29 is 4.79 Å². The molecule has 3 heteroatoms. The summed E-state index contributed by atoms with van der Waals surface area (Å²) < 4.78 is 0. The van der Waals surface area contributed by atoms with Crippen molar-refractivity contribution in [3.63, 3.8) is 0 Å². The van der Waals surface area contributed by atoms with E-state index in [0.29, 0.717) is 5.56 Å². The lowest BCUT2D eigenvalue weighted by Gasteiger charge is -2.00. The summed E-state index contributed by atoms with van der Waals surface area (Å²) in [5.74, 6) is -0.0516. The second kappa shape index (κ2) is 2.48. The first-order valence-electron chi connectivity index (χ1n) is 4.32. The van der Waals surface area contributed by atoms with Crippen LogP contribution in [0, 0.1) is 0 Å². The maximum atomic E-state index is 11.5. The Hall–Kier alpha value is -2.03. The van der Waals surface area contributed by atoms with Gasteiger partial charge in [0.2, 0.25) is 5.78 Å². The smallest absolute Gasteiger partial charge is 0.208 e. The van der Waals surface area contributed by atoms with Crippen LogP contribution in [0.3, 0.4) is 0 Å². The summed E-state index contributed by atoms with van der Waals surface area (Å²) in [7, 11) is 0. The van der Waals surface area contributed by atoms with Gasteiger partial charge in [-0.25, -0.2) is 0 Å². The summed E-state index contributed by atoms with van der Waals surface area (Å²) in [6.45, 7) is 0. The number of aliphatic imine (C=N–C) groups is 1. The van der Waals surface area contributed by atoms with Crippen molar-refractivity contribution >= 4 is 28.6 Å². The predicted molar refractivity (Wildman–Crippen MR) is 54.2 cm³/mol. The lowest BCUT2D eigenvalue weighted by Crippen LogP contribution is -1.96. The van der Waals surface area contributed by atoms with Gasteiger partial charge >= 0.3 is 0 Å². The largest absolute Gasteiger partial charge is 0.287 e. The van der Waals surface area contributed by atoms with Crippen LogP contribution in [0.5, 0.6) is 0 Å². The number of carbonyl (C=O) groups excluding carboxylic acids is 1. The van der Waals surface area contributed by atoms with Gasteiger partial charge < -0.3 is 0 Å². The average Bonchev–Trinajstić information content (AvgIpc) is 2.61. The van der Waals surface area contributed by atoms with E-state index in [1.165, 1.54) is 6.21 Å². The maximum absolute atomic E-state index is 11.5. The molecule has 3 nitrogen and oxygen atoms in total. The van der Waals surface area contributed by atoms with E-state index in [-0.39, 0.29) is 5.78 Å². The zero-order valence-corrected chi connectivity index (χ0v) is 7.27. The highest BCUT2D eigenvalue weighted by atomic mass is 16.1. The number of hydrogen-bond acceptors (Lipinski definition) is 3. The molecule has 0 aliphatic carbocycles. The van der Waals surface area contributed by atoms with E-state index < -0.39 is 0 Å². The molecule has 3 rings (SSSR count). The molecule has 1 aliphatic rings. The number of rotatable bonds is 0. The molecule has 2 heterocycles. The van der Waals surface area contributed by atoms with Crippen LogP contribution in [0.4, 0.5) is 5.69 Å². The molecule has 14 heavy (non-hydrogen) atoms. The van der Waals surface area contributed by atoms with Gasteiger partial charge in [-0.1, -0.05) is 12.1 Å². The Morgan fingerprint density at radius 2 is 2.07 bits per heavy atom. The molecule has 0 saturated heterocycles. The second-order valence-electron chi connectivity index (χ2n) is 3.16. The first-order valence-corrected chi connectivity index (χ1v) is 4.32. The minimum atomic E-state index is -0.0516. The Morgan fingerprint density at radius 3 is 3.00 bits per heavy atom. The van der Waals surface area contributed by atoms with Crippen LogP contribution in [-0.4, -0.2) is 17.0 Å². The molecule has 1 aromatic carbocycles. The number of nitrogens with zero attached hydrogens (tertiary/aromatic N) is 2. The number of benzene rings is 1. The van der Waals surface area contributed by atoms with Crippen LogP contribution in [0.2, 0.25) is 0 Å². The molecule has 0 amide bonds. The number of fused-ring (bicyclic) bond motifs is 3. The summed E-state index contributed by atoms with van der Waals surface area (Å²) in [5.41, 5.74) is 2.09. The molecular weight excluding hydrogens is 176 g/mol. The minimum absolute atomic E-state index is 0.0516. The highest BCUT2D eigenvalue weighted by molar-refractivity contribution is 6.42. The van der Waals surface area contributed by atoms with Gasteiger partial charge in [0.15, 0.2) is 0 Å². The lowest BCUT2D eigenvalue weighted by atomic mass is 10.1. The van der Waals surface area contributed by atoms with Crippen LogP contribution >= 0.6 is 0 Å². The fraction of sp³-hybridized carbons (Fsp3) is 0. The zero-order chi connectivity index (χ0) is 9.54. The van der Waals surface area contributed by atoms with Crippen molar-refractivity contribution in [3.8, 4) is 0 Å². The first-order chi connectivity index (χ1) is 6.86. The molecule has 2 aromatic rings. The Kier molecular flexibility index (Phi) is 1.31. The molecule has 1 aromatic heterocycles. The Morgan fingerprint density at radius 1 is 1.14 bits per heavy atom. The fourth-order valence-electron chi connectivity index (χ4n) is 1.68. The highest BCUT2D eigenvalue weighted by Crippen LogP contribution is 2.29. The number of carbonyl (C=O) groups is 1. The molecule has 0 N–H and O–H groups in total. The van der Waals surface area contributed by atoms with E-state index in [1.54, 1.807) is 6.20 Å². The van der Waals surface area contributed by atoms with Crippen LogP contribution in [-0.2, 0) is 0 Å². The molecule has 0 fully saturated rings. The quantitative estimate of drug-likeness (QED) is 0.626. The fourth-order valence-corrected chi connectivity index (χ4v) is 1.68. The molecule has 0 radical (unpaired) electrons. The van der Waals surface area contributed by atoms with Crippen molar-refractivity contribution in [1.82, 2.24) is 4.98 Å². The molecule has 0 saturated carbocycles.